The Morgan fingerprint density at radius 3 is 1.59 bits per heavy atom. The van der Waals surface area contributed by atoms with E-state index in [9.17, 15) is 9.59 Å². The molecule has 0 radical (unpaired) electrons. The van der Waals surface area contributed by atoms with Crippen LogP contribution < -0.4 is 0 Å². The molecule has 0 aliphatic heterocycles. The summed E-state index contributed by atoms with van der Waals surface area (Å²) in [6.07, 6.45) is 4.12. The fourth-order valence-corrected chi connectivity index (χ4v) is 6.72. The standard InChI is InChI=1S/C10H18Br2O4Te/c1-3-5-7-9(13)15-17(11,12)16-10(14)8-6-4-2/h3-8H2,1-2H3. The molecule has 0 heterocycles. The minimum atomic E-state index is -3.55. The summed E-state index contributed by atoms with van der Waals surface area (Å²) in [6.45, 7) is 3.99. The van der Waals surface area contributed by atoms with Crippen LogP contribution in [0.3, 0.4) is 0 Å². The molecule has 17 heavy (non-hydrogen) atoms. The first-order valence-corrected chi connectivity index (χ1v) is 17.9. The molecule has 0 saturated heterocycles. The zero-order valence-electron chi connectivity index (χ0n) is 10.0. The molecule has 0 bridgehead atoms. The molecule has 0 unspecified atom stereocenters. The molecule has 0 rings (SSSR count). The summed E-state index contributed by atoms with van der Waals surface area (Å²) in [7, 11) is 0. The van der Waals surface area contributed by atoms with E-state index in [1.54, 1.807) is 0 Å². The van der Waals surface area contributed by atoms with Crippen LogP contribution in [0.15, 0.2) is 0 Å². The van der Waals surface area contributed by atoms with Crippen molar-refractivity contribution in [1.29, 1.82) is 0 Å². The molecule has 0 aromatic carbocycles. The third-order valence-corrected chi connectivity index (χ3v) is 7.56. The van der Waals surface area contributed by atoms with Gasteiger partial charge in [-0.3, -0.25) is 0 Å². The van der Waals surface area contributed by atoms with Gasteiger partial charge in [-0.05, 0) is 0 Å². The Bertz CT molecular complexity index is 235. The Morgan fingerprint density at radius 2 is 1.29 bits per heavy atom. The molecule has 0 N–H and O–H groups in total. The van der Waals surface area contributed by atoms with Crippen LogP contribution in [0.25, 0.3) is 0 Å². The van der Waals surface area contributed by atoms with Crippen molar-refractivity contribution >= 4 is 52.0 Å². The Hall–Kier alpha value is 0.690. The third kappa shape index (κ3) is 10.3. The van der Waals surface area contributed by atoms with Crippen molar-refractivity contribution < 1.29 is 15.8 Å². The molecule has 4 nitrogen and oxygen atoms in total. The summed E-state index contributed by atoms with van der Waals surface area (Å²) < 4.78 is 10.3. The molecule has 0 saturated carbocycles. The first-order valence-electron chi connectivity index (χ1n) is 5.58. The molecule has 0 aliphatic carbocycles. The summed E-state index contributed by atoms with van der Waals surface area (Å²) in [6, 6.07) is 0. The van der Waals surface area contributed by atoms with E-state index in [-0.39, 0.29) is 11.9 Å². The SMILES string of the molecule is CCCCC(=O)O[Te](Br)(Br)OC(=O)CCCC. The molecule has 0 atom stereocenters. The van der Waals surface area contributed by atoms with Gasteiger partial charge in [0.1, 0.15) is 0 Å². The number of halogens is 2. The quantitative estimate of drug-likeness (QED) is 0.488. The number of carbonyl (C=O) groups excluding carboxylic acids is 2. The average molecular weight is 490 g/mol. The molecule has 0 aromatic rings. The second kappa shape index (κ2) is 9.60. The van der Waals surface area contributed by atoms with E-state index in [0.717, 1.165) is 25.7 Å². The number of rotatable bonds is 8. The van der Waals surface area contributed by atoms with Gasteiger partial charge in [-0.2, -0.15) is 0 Å². The number of hydrogen-bond donors (Lipinski definition) is 0. The van der Waals surface area contributed by atoms with Crippen molar-refractivity contribution in [1.82, 2.24) is 0 Å². The van der Waals surface area contributed by atoms with E-state index in [4.69, 9.17) is 6.20 Å². The monoisotopic (exact) mass is 490 g/mol. The van der Waals surface area contributed by atoms with Gasteiger partial charge in [0, 0.05) is 0 Å². The number of hydrogen-bond acceptors (Lipinski definition) is 4. The first kappa shape index (κ1) is 17.7. The van der Waals surface area contributed by atoms with Crippen LogP contribution in [0.1, 0.15) is 52.4 Å². The van der Waals surface area contributed by atoms with Gasteiger partial charge in [0.15, 0.2) is 0 Å². The van der Waals surface area contributed by atoms with Crippen molar-refractivity contribution in [2.75, 3.05) is 0 Å². The average Bonchev–Trinajstić information content (AvgIpc) is 2.22. The predicted molar refractivity (Wildman–Crippen MR) is 74.8 cm³/mol. The Labute approximate surface area is 119 Å². The first-order chi connectivity index (χ1) is 7.91. The van der Waals surface area contributed by atoms with E-state index in [1.807, 2.05) is 13.8 Å². The van der Waals surface area contributed by atoms with Crippen LogP contribution in [0.4, 0.5) is 0 Å². The van der Waals surface area contributed by atoms with Crippen molar-refractivity contribution in [3.63, 3.8) is 0 Å². The summed E-state index contributed by atoms with van der Waals surface area (Å²) in [4.78, 5) is 22.8. The summed E-state index contributed by atoms with van der Waals surface area (Å²) in [5.41, 5.74) is 0. The zero-order valence-corrected chi connectivity index (χ0v) is 15.5. The third-order valence-electron chi connectivity index (χ3n) is 1.85. The minimum absolute atomic E-state index is 0.329. The molecular weight excluding hydrogens is 472 g/mol. The van der Waals surface area contributed by atoms with Gasteiger partial charge in [0.25, 0.3) is 0 Å². The molecule has 7 heteroatoms. The topological polar surface area (TPSA) is 52.6 Å². The van der Waals surface area contributed by atoms with E-state index >= 15 is 0 Å². The van der Waals surface area contributed by atoms with Gasteiger partial charge < -0.3 is 0 Å². The van der Waals surface area contributed by atoms with E-state index in [0.29, 0.717) is 12.8 Å². The summed E-state index contributed by atoms with van der Waals surface area (Å²) >= 11 is 2.83. The van der Waals surface area contributed by atoms with E-state index < -0.39 is 14.6 Å². The van der Waals surface area contributed by atoms with Gasteiger partial charge >= 0.3 is 120 Å². The fourth-order valence-electron chi connectivity index (χ4n) is 0.959. The van der Waals surface area contributed by atoms with Gasteiger partial charge in [0.05, 0.1) is 0 Å². The predicted octanol–water partition coefficient (Wildman–Crippen LogP) is 3.68. The Balaban J connectivity index is 4.01. The maximum atomic E-state index is 11.4. The van der Waals surface area contributed by atoms with Crippen molar-refractivity contribution in [3.8, 4) is 0 Å². The molecule has 102 valence electrons. The van der Waals surface area contributed by atoms with Gasteiger partial charge in [0.2, 0.25) is 0 Å². The number of unbranched alkanes of at least 4 members (excludes halogenated alkanes) is 2. The molecule has 0 aliphatic rings. The van der Waals surface area contributed by atoms with Gasteiger partial charge in [-0.1, -0.05) is 0 Å². The van der Waals surface area contributed by atoms with E-state index in [1.165, 1.54) is 0 Å². The summed E-state index contributed by atoms with van der Waals surface area (Å²) in [5.74, 6) is -0.657. The zero-order chi connectivity index (χ0) is 13.3. The molecule has 0 spiro atoms. The maximum absolute atomic E-state index is 11.4. The Morgan fingerprint density at radius 1 is 0.941 bits per heavy atom. The van der Waals surface area contributed by atoms with Crippen LogP contribution in [-0.2, 0) is 15.8 Å². The van der Waals surface area contributed by atoms with Gasteiger partial charge in [-0.25, -0.2) is 0 Å². The van der Waals surface area contributed by atoms with Crippen LogP contribution in [0.5, 0.6) is 0 Å². The van der Waals surface area contributed by atoms with Crippen molar-refractivity contribution in [3.05, 3.63) is 0 Å². The fraction of sp³-hybridized carbons (Fsp3) is 0.800. The van der Waals surface area contributed by atoms with Gasteiger partial charge in [-0.15, -0.1) is 0 Å². The van der Waals surface area contributed by atoms with Crippen LogP contribution in [0, 0.1) is 0 Å². The Kier molecular flexibility index (Phi) is 9.99. The van der Waals surface area contributed by atoms with Crippen molar-refractivity contribution in [2.24, 2.45) is 0 Å². The normalized spacial score (nSPS) is 12.0. The molecule has 0 fully saturated rings. The number of carbonyl (C=O) groups is 2. The molecule has 0 aromatic heterocycles. The van der Waals surface area contributed by atoms with Crippen LogP contribution >= 0.6 is 25.5 Å². The second-order valence-electron chi connectivity index (χ2n) is 3.50. The summed E-state index contributed by atoms with van der Waals surface area (Å²) in [5, 5.41) is 0. The molecule has 0 amide bonds. The van der Waals surface area contributed by atoms with Crippen molar-refractivity contribution in [2.45, 2.75) is 52.4 Å². The van der Waals surface area contributed by atoms with E-state index in [2.05, 4.69) is 25.5 Å². The van der Waals surface area contributed by atoms with Crippen LogP contribution in [-0.4, -0.2) is 26.5 Å². The molecular formula is C10H18Br2O4Te. The second-order valence-corrected chi connectivity index (χ2v) is 23.9. The van der Waals surface area contributed by atoms with Crippen LogP contribution in [0.2, 0.25) is 0 Å².